The Hall–Kier alpha value is -0.340. The maximum Gasteiger partial charge on any atom is 0.0690 e. The van der Waals surface area contributed by atoms with E-state index < -0.39 is 5.60 Å². The first-order valence-electron chi connectivity index (χ1n) is 6.58. The third-order valence-electron chi connectivity index (χ3n) is 3.95. The molecule has 2 rings (SSSR count). The van der Waals surface area contributed by atoms with Gasteiger partial charge < -0.3 is 5.11 Å². The second-order valence-electron chi connectivity index (χ2n) is 5.40. The van der Waals surface area contributed by atoms with Crippen LogP contribution in [0.25, 0.3) is 0 Å². The van der Waals surface area contributed by atoms with Crippen LogP contribution in [0.3, 0.4) is 0 Å². The summed E-state index contributed by atoms with van der Waals surface area (Å²) in [7, 11) is 0. The second-order valence-corrected chi connectivity index (χ2v) is 6.31. The molecule has 94 valence electrons. The quantitative estimate of drug-likeness (QED) is 0.880. The molecule has 0 spiro atoms. The van der Waals surface area contributed by atoms with Gasteiger partial charge in [-0.2, -0.15) is 0 Å². The summed E-state index contributed by atoms with van der Waals surface area (Å²) in [5.74, 6) is 0.712. The van der Waals surface area contributed by atoms with Crippen LogP contribution in [0.4, 0.5) is 0 Å². The minimum Gasteiger partial charge on any atom is -0.390 e. The van der Waals surface area contributed by atoms with Crippen molar-refractivity contribution >= 4 is 15.9 Å². The van der Waals surface area contributed by atoms with E-state index >= 15 is 0 Å². The molecular weight excluding hydrogens is 276 g/mol. The molecule has 0 saturated heterocycles. The Balaban J connectivity index is 2.03. The van der Waals surface area contributed by atoms with E-state index in [0.717, 1.165) is 23.7 Å². The summed E-state index contributed by atoms with van der Waals surface area (Å²) in [5, 5.41) is 10.7. The molecule has 0 radical (unpaired) electrons. The van der Waals surface area contributed by atoms with Crippen molar-refractivity contribution in [2.75, 3.05) is 0 Å². The van der Waals surface area contributed by atoms with Gasteiger partial charge in [0, 0.05) is 10.9 Å². The Morgan fingerprint density at radius 2 is 2.06 bits per heavy atom. The van der Waals surface area contributed by atoms with Gasteiger partial charge in [-0.05, 0) is 36.5 Å². The number of hydrogen-bond acceptors (Lipinski definition) is 1. The summed E-state index contributed by atoms with van der Waals surface area (Å²) in [6, 6.07) is 8.33. The van der Waals surface area contributed by atoms with Crippen molar-refractivity contribution in [2.45, 2.75) is 51.0 Å². The minimum atomic E-state index is -0.466. The largest absolute Gasteiger partial charge is 0.390 e. The highest BCUT2D eigenvalue weighted by Gasteiger charge is 2.33. The number of hydrogen-bond donors (Lipinski definition) is 1. The summed E-state index contributed by atoms with van der Waals surface area (Å²) < 4.78 is 1.10. The predicted octanol–water partition coefficient (Wildman–Crippen LogP) is 4.32. The maximum atomic E-state index is 10.7. The van der Waals surface area contributed by atoms with E-state index in [1.807, 2.05) is 0 Å². The van der Waals surface area contributed by atoms with E-state index in [2.05, 4.69) is 47.1 Å². The van der Waals surface area contributed by atoms with Gasteiger partial charge >= 0.3 is 0 Å². The number of halogens is 1. The van der Waals surface area contributed by atoms with E-state index in [4.69, 9.17) is 0 Å². The highest BCUT2D eigenvalue weighted by molar-refractivity contribution is 9.10. The first-order chi connectivity index (χ1) is 8.11. The monoisotopic (exact) mass is 296 g/mol. The molecular formula is C15H21BrO. The van der Waals surface area contributed by atoms with Crippen molar-refractivity contribution in [1.82, 2.24) is 0 Å². The van der Waals surface area contributed by atoms with Crippen molar-refractivity contribution in [3.8, 4) is 0 Å². The van der Waals surface area contributed by atoms with Gasteiger partial charge in [-0.3, -0.25) is 0 Å². The van der Waals surface area contributed by atoms with Gasteiger partial charge in [-0.25, -0.2) is 0 Å². The first kappa shape index (κ1) is 13.1. The second kappa shape index (κ2) is 5.53. The van der Waals surface area contributed by atoms with Gasteiger partial charge in [0.25, 0.3) is 0 Å². The summed E-state index contributed by atoms with van der Waals surface area (Å²) in [6.07, 6.45) is 6.39. The normalized spacial score (nSPS) is 29.2. The lowest BCUT2D eigenvalue weighted by Crippen LogP contribution is -2.37. The number of rotatable bonds is 3. The van der Waals surface area contributed by atoms with E-state index in [9.17, 15) is 5.11 Å². The zero-order valence-electron chi connectivity index (χ0n) is 10.5. The highest BCUT2D eigenvalue weighted by atomic mass is 79.9. The fraction of sp³-hybridized carbons (Fsp3) is 0.600. The van der Waals surface area contributed by atoms with Crippen molar-refractivity contribution < 1.29 is 5.11 Å². The summed E-state index contributed by atoms with van der Waals surface area (Å²) in [6.45, 7) is 2.23. The Bertz CT molecular complexity index is 360. The third kappa shape index (κ3) is 3.56. The topological polar surface area (TPSA) is 20.2 Å². The zero-order chi connectivity index (χ0) is 12.3. The Morgan fingerprint density at radius 1 is 1.35 bits per heavy atom. The molecule has 0 aromatic heterocycles. The summed E-state index contributed by atoms with van der Waals surface area (Å²) >= 11 is 3.44. The fourth-order valence-corrected chi connectivity index (χ4v) is 3.22. The average molecular weight is 297 g/mol. The smallest absolute Gasteiger partial charge is 0.0690 e. The number of benzene rings is 1. The van der Waals surface area contributed by atoms with Crippen LogP contribution in [0, 0.1) is 5.92 Å². The van der Waals surface area contributed by atoms with Crippen LogP contribution in [0.5, 0.6) is 0 Å². The lowest BCUT2D eigenvalue weighted by molar-refractivity contribution is -0.0161. The van der Waals surface area contributed by atoms with Crippen LogP contribution < -0.4 is 0 Å². The molecule has 1 aromatic carbocycles. The molecule has 0 heterocycles. The van der Waals surface area contributed by atoms with Gasteiger partial charge in [0.15, 0.2) is 0 Å². The zero-order valence-corrected chi connectivity index (χ0v) is 12.0. The standard InChI is InChI=1S/C15H21BrO/c1-2-12-4-3-9-15(17,10-12)11-13-5-7-14(16)8-6-13/h5-8,12,17H,2-4,9-11H2,1H3. The highest BCUT2D eigenvalue weighted by Crippen LogP contribution is 2.36. The third-order valence-corrected chi connectivity index (χ3v) is 4.48. The molecule has 1 fully saturated rings. The average Bonchev–Trinajstić information content (AvgIpc) is 2.32. The molecule has 2 unspecified atom stereocenters. The van der Waals surface area contributed by atoms with Crippen LogP contribution in [-0.4, -0.2) is 10.7 Å². The van der Waals surface area contributed by atoms with E-state index in [-0.39, 0.29) is 0 Å². The van der Waals surface area contributed by atoms with Crippen molar-refractivity contribution in [3.63, 3.8) is 0 Å². The van der Waals surface area contributed by atoms with E-state index in [1.165, 1.54) is 24.8 Å². The Kier molecular flexibility index (Phi) is 4.26. The van der Waals surface area contributed by atoms with E-state index in [1.54, 1.807) is 0 Å². The van der Waals surface area contributed by atoms with Gasteiger partial charge in [0.05, 0.1) is 5.60 Å². The van der Waals surface area contributed by atoms with Crippen molar-refractivity contribution in [2.24, 2.45) is 5.92 Å². The molecule has 1 aliphatic carbocycles. The minimum absolute atomic E-state index is 0.466. The molecule has 2 heteroatoms. The molecule has 0 amide bonds. The van der Waals surface area contributed by atoms with E-state index in [0.29, 0.717) is 5.92 Å². The van der Waals surface area contributed by atoms with Gasteiger partial charge in [0.2, 0.25) is 0 Å². The SMILES string of the molecule is CCC1CCCC(O)(Cc2ccc(Br)cc2)C1. The van der Waals surface area contributed by atoms with Crippen molar-refractivity contribution in [3.05, 3.63) is 34.3 Å². The predicted molar refractivity (Wildman–Crippen MR) is 75.0 cm³/mol. The van der Waals surface area contributed by atoms with Crippen LogP contribution >= 0.6 is 15.9 Å². The fourth-order valence-electron chi connectivity index (χ4n) is 2.95. The lowest BCUT2D eigenvalue weighted by atomic mass is 9.74. The van der Waals surface area contributed by atoms with Gasteiger partial charge in [-0.15, -0.1) is 0 Å². The summed E-state index contributed by atoms with van der Waals surface area (Å²) in [5.41, 5.74) is 0.777. The molecule has 1 nitrogen and oxygen atoms in total. The van der Waals surface area contributed by atoms with Gasteiger partial charge in [-0.1, -0.05) is 54.2 Å². The Labute approximate surface area is 112 Å². The lowest BCUT2D eigenvalue weighted by Gasteiger charge is -2.36. The summed E-state index contributed by atoms with van der Waals surface area (Å²) in [4.78, 5) is 0. The molecule has 1 aromatic rings. The van der Waals surface area contributed by atoms with Crippen LogP contribution in [0.15, 0.2) is 28.7 Å². The molecule has 1 N–H and O–H groups in total. The molecule has 1 aliphatic rings. The van der Waals surface area contributed by atoms with Crippen LogP contribution in [-0.2, 0) is 6.42 Å². The van der Waals surface area contributed by atoms with Crippen LogP contribution in [0.1, 0.15) is 44.6 Å². The van der Waals surface area contributed by atoms with Crippen LogP contribution in [0.2, 0.25) is 0 Å². The number of aliphatic hydroxyl groups is 1. The van der Waals surface area contributed by atoms with Crippen molar-refractivity contribution in [1.29, 1.82) is 0 Å². The van der Waals surface area contributed by atoms with Gasteiger partial charge in [0.1, 0.15) is 0 Å². The first-order valence-corrected chi connectivity index (χ1v) is 7.37. The Morgan fingerprint density at radius 3 is 2.71 bits per heavy atom. The molecule has 17 heavy (non-hydrogen) atoms. The molecule has 2 atom stereocenters. The molecule has 0 aliphatic heterocycles. The molecule has 0 bridgehead atoms. The molecule has 1 saturated carbocycles. The maximum absolute atomic E-state index is 10.7.